The van der Waals surface area contributed by atoms with E-state index in [0.717, 1.165) is 103 Å². The van der Waals surface area contributed by atoms with Crippen LogP contribution in [-0.4, -0.2) is 36.4 Å². The molecule has 0 saturated heterocycles. The van der Waals surface area contributed by atoms with Crippen molar-refractivity contribution in [2.24, 2.45) is 0 Å². The standard InChI is InChI=1S/C77H132O5/c1-3-5-7-9-11-13-15-17-19-21-23-25-27-29-31-33-34-35-36-37-38-39-40-41-42-44-45-47-49-51-53-55-57-59-61-63-65-67-69-71-76(79)81-74-75(73-78)82-77(80)72-70-68-66-64-62-60-58-56-54-52-50-48-46-43-32-30-28-26-24-22-20-18-16-14-12-10-8-6-4-2/h5-8,11-14,17-20,23-26,30,32,46,48,75,78H,3-4,9-10,15-16,21-22,27-29,31,33-45,47,49-74H2,1-2H3/b7-5-,8-6-,13-11-,14-12-,19-17-,20-18-,25-23-,26-24-,32-30-,48-46-. The lowest BCUT2D eigenvalue weighted by Crippen LogP contribution is -2.28. The van der Waals surface area contributed by atoms with Crippen LogP contribution in [0.5, 0.6) is 0 Å². The predicted molar refractivity (Wildman–Crippen MR) is 362 cm³/mol. The number of carbonyl (C=O) groups excluding carboxylic acids is 2. The van der Waals surface area contributed by atoms with Crippen molar-refractivity contribution in [3.63, 3.8) is 0 Å². The molecule has 5 nitrogen and oxygen atoms in total. The second-order valence-electron chi connectivity index (χ2n) is 23.2. The first-order chi connectivity index (χ1) is 40.6. The number of esters is 2. The average molecular weight is 1140 g/mol. The van der Waals surface area contributed by atoms with E-state index in [9.17, 15) is 14.7 Å². The topological polar surface area (TPSA) is 72.8 Å². The van der Waals surface area contributed by atoms with Crippen LogP contribution in [0.2, 0.25) is 0 Å². The fourth-order valence-electron chi connectivity index (χ4n) is 10.1. The van der Waals surface area contributed by atoms with E-state index in [4.69, 9.17) is 9.47 Å². The number of hydrogen-bond acceptors (Lipinski definition) is 5. The summed E-state index contributed by atoms with van der Waals surface area (Å²) in [5.41, 5.74) is 0. The number of aliphatic hydroxyl groups excluding tert-OH is 1. The van der Waals surface area contributed by atoms with Crippen molar-refractivity contribution in [3.8, 4) is 0 Å². The highest BCUT2D eigenvalue weighted by Crippen LogP contribution is 2.18. The minimum absolute atomic E-state index is 0.0691. The molecule has 0 radical (unpaired) electrons. The van der Waals surface area contributed by atoms with Crippen LogP contribution >= 0.6 is 0 Å². The van der Waals surface area contributed by atoms with Gasteiger partial charge in [-0.3, -0.25) is 9.59 Å². The summed E-state index contributed by atoms with van der Waals surface area (Å²) in [5, 5.41) is 9.70. The van der Waals surface area contributed by atoms with Crippen molar-refractivity contribution in [2.45, 2.75) is 341 Å². The summed E-state index contributed by atoms with van der Waals surface area (Å²) >= 11 is 0. The van der Waals surface area contributed by atoms with Crippen LogP contribution in [0, 0.1) is 0 Å². The number of aliphatic hydroxyl groups is 1. The van der Waals surface area contributed by atoms with Crippen LogP contribution < -0.4 is 0 Å². The van der Waals surface area contributed by atoms with Gasteiger partial charge in [-0.15, -0.1) is 0 Å². The van der Waals surface area contributed by atoms with Crippen molar-refractivity contribution in [1.29, 1.82) is 0 Å². The summed E-state index contributed by atoms with van der Waals surface area (Å²) in [6, 6.07) is 0. The molecule has 0 heterocycles. The van der Waals surface area contributed by atoms with Crippen LogP contribution in [0.15, 0.2) is 122 Å². The third-order valence-corrected chi connectivity index (χ3v) is 15.3. The summed E-state index contributed by atoms with van der Waals surface area (Å²) in [6.07, 6.45) is 105. The maximum absolute atomic E-state index is 12.4. The SMILES string of the molecule is CC/C=C\C/C=C\C/C=C\C/C=C\C/C=C\C/C=C\CCCCCCCCCCCCC(=O)OC(CO)COC(=O)CCCCCCCCCCCCCCCCCCCCCCCCCCCC/C=C\C/C=C\C/C=C\C/C=C\CC. The molecule has 0 fully saturated rings. The van der Waals surface area contributed by atoms with Gasteiger partial charge in [0, 0.05) is 12.8 Å². The smallest absolute Gasteiger partial charge is 0.306 e. The van der Waals surface area contributed by atoms with E-state index in [0.29, 0.717) is 12.8 Å². The lowest BCUT2D eigenvalue weighted by atomic mass is 10.0. The normalized spacial score (nSPS) is 13.0. The van der Waals surface area contributed by atoms with Crippen LogP contribution in [0.3, 0.4) is 0 Å². The molecule has 0 bridgehead atoms. The fourth-order valence-corrected chi connectivity index (χ4v) is 10.1. The quantitative estimate of drug-likeness (QED) is 0.0373. The predicted octanol–water partition coefficient (Wildman–Crippen LogP) is 24.5. The largest absolute Gasteiger partial charge is 0.462 e. The summed E-state index contributed by atoms with van der Waals surface area (Å²) in [6.45, 7) is 3.94. The highest BCUT2D eigenvalue weighted by atomic mass is 16.6. The highest BCUT2D eigenvalue weighted by Gasteiger charge is 2.16. The van der Waals surface area contributed by atoms with E-state index < -0.39 is 6.10 Å². The zero-order valence-electron chi connectivity index (χ0n) is 54.0. The van der Waals surface area contributed by atoms with Crippen LogP contribution in [0.1, 0.15) is 335 Å². The van der Waals surface area contributed by atoms with Crippen LogP contribution in [0.25, 0.3) is 0 Å². The number of hydrogen-bond donors (Lipinski definition) is 1. The molecule has 0 aliphatic heterocycles. The Bertz CT molecular complexity index is 1620. The van der Waals surface area contributed by atoms with Gasteiger partial charge < -0.3 is 14.6 Å². The Hall–Kier alpha value is -3.70. The molecule has 0 aromatic carbocycles. The Balaban J connectivity index is 3.44. The van der Waals surface area contributed by atoms with Crippen molar-refractivity contribution in [1.82, 2.24) is 0 Å². The zero-order valence-corrected chi connectivity index (χ0v) is 54.0. The minimum Gasteiger partial charge on any atom is -0.462 e. The van der Waals surface area contributed by atoms with Gasteiger partial charge in [0.2, 0.25) is 0 Å². The molecule has 1 N–H and O–H groups in total. The first-order valence-electron chi connectivity index (χ1n) is 35.1. The molecule has 5 heteroatoms. The van der Waals surface area contributed by atoms with Gasteiger partial charge in [0.25, 0.3) is 0 Å². The van der Waals surface area contributed by atoms with Gasteiger partial charge in [-0.05, 0) is 103 Å². The molecule has 0 spiro atoms. The molecule has 1 unspecified atom stereocenters. The number of ether oxygens (including phenoxy) is 2. The fraction of sp³-hybridized carbons (Fsp3) is 0.714. The average Bonchev–Trinajstić information content (AvgIpc) is 3.49. The second kappa shape index (κ2) is 71.6. The van der Waals surface area contributed by atoms with E-state index >= 15 is 0 Å². The summed E-state index contributed by atoms with van der Waals surface area (Å²) in [7, 11) is 0. The third-order valence-electron chi connectivity index (χ3n) is 15.3. The maximum atomic E-state index is 12.4. The summed E-state index contributed by atoms with van der Waals surface area (Å²) in [4.78, 5) is 24.7. The molecule has 0 aromatic rings. The Morgan fingerprint density at radius 3 is 0.732 bits per heavy atom. The second-order valence-corrected chi connectivity index (χ2v) is 23.2. The van der Waals surface area contributed by atoms with E-state index in [2.05, 4.69) is 135 Å². The number of carbonyl (C=O) groups is 2. The lowest BCUT2D eigenvalue weighted by molar-refractivity contribution is -0.161. The molecule has 0 rings (SSSR count). The van der Waals surface area contributed by atoms with Crippen molar-refractivity contribution < 1.29 is 24.2 Å². The van der Waals surface area contributed by atoms with E-state index in [1.165, 1.54) is 205 Å². The van der Waals surface area contributed by atoms with Crippen LogP contribution in [-0.2, 0) is 19.1 Å². The lowest BCUT2D eigenvalue weighted by Gasteiger charge is -2.15. The Morgan fingerprint density at radius 1 is 0.280 bits per heavy atom. The number of rotatable bonds is 64. The molecular formula is C77H132O5. The first kappa shape index (κ1) is 78.3. The zero-order chi connectivity index (χ0) is 59.1. The van der Waals surface area contributed by atoms with Gasteiger partial charge >= 0.3 is 11.9 Å². The van der Waals surface area contributed by atoms with Gasteiger partial charge in [-0.1, -0.05) is 341 Å². The molecule has 0 aliphatic carbocycles. The van der Waals surface area contributed by atoms with Crippen molar-refractivity contribution in [3.05, 3.63) is 122 Å². The number of unbranched alkanes of at least 4 members (excludes halogenated alkanes) is 36. The summed E-state index contributed by atoms with van der Waals surface area (Å²) in [5.74, 6) is -0.586. The third kappa shape index (κ3) is 68.8. The molecular weight excluding hydrogens is 1000 g/mol. The maximum Gasteiger partial charge on any atom is 0.306 e. The first-order valence-corrected chi connectivity index (χ1v) is 35.1. The van der Waals surface area contributed by atoms with Crippen LogP contribution in [0.4, 0.5) is 0 Å². The van der Waals surface area contributed by atoms with Crippen molar-refractivity contribution >= 4 is 11.9 Å². The molecule has 0 aliphatic rings. The van der Waals surface area contributed by atoms with E-state index in [1.54, 1.807) is 0 Å². The Kier molecular flexibility index (Phi) is 68.3. The molecule has 0 saturated carbocycles. The Labute approximate surface area is 509 Å². The molecule has 470 valence electrons. The van der Waals surface area contributed by atoms with Gasteiger partial charge in [-0.25, -0.2) is 0 Å². The van der Waals surface area contributed by atoms with Gasteiger partial charge in [0.05, 0.1) is 6.61 Å². The van der Waals surface area contributed by atoms with Gasteiger partial charge in [-0.2, -0.15) is 0 Å². The summed E-state index contributed by atoms with van der Waals surface area (Å²) < 4.78 is 10.8. The van der Waals surface area contributed by atoms with Gasteiger partial charge in [0.1, 0.15) is 6.61 Å². The minimum atomic E-state index is -0.781. The molecule has 0 amide bonds. The number of allylic oxidation sites excluding steroid dienone is 20. The monoisotopic (exact) mass is 1140 g/mol. The van der Waals surface area contributed by atoms with E-state index in [1.807, 2.05) is 0 Å². The van der Waals surface area contributed by atoms with Gasteiger partial charge in [0.15, 0.2) is 6.10 Å². The molecule has 1 atom stereocenters. The van der Waals surface area contributed by atoms with E-state index in [-0.39, 0.29) is 25.2 Å². The molecule has 82 heavy (non-hydrogen) atoms. The Morgan fingerprint density at radius 2 is 0.488 bits per heavy atom. The highest BCUT2D eigenvalue weighted by molar-refractivity contribution is 5.70. The van der Waals surface area contributed by atoms with Crippen molar-refractivity contribution in [2.75, 3.05) is 13.2 Å². The molecule has 0 aromatic heterocycles.